The van der Waals surface area contributed by atoms with Gasteiger partial charge >= 0.3 is 0 Å². The summed E-state index contributed by atoms with van der Waals surface area (Å²) in [5.74, 6) is 1.98. The zero-order valence-electron chi connectivity index (χ0n) is 11.5. The molecule has 0 amide bonds. The van der Waals surface area contributed by atoms with E-state index < -0.39 is 0 Å². The second-order valence-electron chi connectivity index (χ2n) is 5.87. The molecule has 1 saturated carbocycles. The van der Waals surface area contributed by atoms with Crippen molar-refractivity contribution in [3.8, 4) is 11.5 Å². The van der Waals surface area contributed by atoms with Crippen LogP contribution in [0.2, 0.25) is 5.02 Å². The summed E-state index contributed by atoms with van der Waals surface area (Å²) in [5.41, 5.74) is 8.47. The number of fused-ring (bicyclic) bond motifs is 1. The maximum atomic E-state index is 6.54. The van der Waals surface area contributed by atoms with Crippen molar-refractivity contribution in [1.29, 1.82) is 0 Å². The van der Waals surface area contributed by atoms with Gasteiger partial charge in [-0.05, 0) is 24.3 Å². The zero-order chi connectivity index (χ0) is 13.6. The molecule has 0 spiro atoms. The molecule has 3 rings (SSSR count). The van der Waals surface area contributed by atoms with Crippen LogP contribution in [0.4, 0.5) is 0 Å². The van der Waals surface area contributed by atoms with Gasteiger partial charge in [-0.1, -0.05) is 31.9 Å². The van der Waals surface area contributed by atoms with Gasteiger partial charge in [-0.3, -0.25) is 0 Å². The van der Waals surface area contributed by atoms with Crippen molar-refractivity contribution in [2.45, 2.75) is 44.4 Å². The highest BCUT2D eigenvalue weighted by atomic mass is 35.5. The summed E-state index contributed by atoms with van der Waals surface area (Å²) in [6.45, 7) is 5.26. The highest BCUT2D eigenvalue weighted by molar-refractivity contribution is 6.32. The first kappa shape index (κ1) is 13.1. The molecule has 1 heterocycles. The van der Waals surface area contributed by atoms with Crippen LogP contribution in [0.5, 0.6) is 11.5 Å². The molecule has 0 aromatic heterocycles. The number of hydrogen-bond donors (Lipinski definition) is 1. The monoisotopic (exact) mass is 281 g/mol. The van der Waals surface area contributed by atoms with Gasteiger partial charge in [0.05, 0.1) is 0 Å². The lowest BCUT2D eigenvalue weighted by molar-refractivity contribution is 0.172. The fourth-order valence-electron chi connectivity index (χ4n) is 3.29. The molecule has 2 N–H and O–H groups in total. The van der Waals surface area contributed by atoms with E-state index in [0.717, 1.165) is 29.4 Å². The van der Waals surface area contributed by atoms with E-state index in [0.29, 0.717) is 12.5 Å². The standard InChI is InChI=1S/C15H20ClNO2/c1-9(2)12-13(15(7-17)4-3-5-15)10(16)6-11-14(12)19-8-18-11/h6,9H,3-5,7-8,17H2,1-2H3. The molecule has 3 nitrogen and oxygen atoms in total. The second-order valence-corrected chi connectivity index (χ2v) is 6.28. The van der Waals surface area contributed by atoms with Gasteiger partial charge in [-0.2, -0.15) is 0 Å². The largest absolute Gasteiger partial charge is 0.454 e. The van der Waals surface area contributed by atoms with Crippen LogP contribution in [-0.4, -0.2) is 13.3 Å². The van der Waals surface area contributed by atoms with Gasteiger partial charge in [0.25, 0.3) is 0 Å². The van der Waals surface area contributed by atoms with Crippen molar-refractivity contribution in [3.05, 3.63) is 22.2 Å². The quantitative estimate of drug-likeness (QED) is 0.921. The molecule has 0 atom stereocenters. The predicted molar refractivity (Wildman–Crippen MR) is 76.2 cm³/mol. The Labute approximate surface area is 119 Å². The Morgan fingerprint density at radius 2 is 2.11 bits per heavy atom. The van der Waals surface area contributed by atoms with E-state index in [1.54, 1.807) is 0 Å². The number of hydrogen-bond acceptors (Lipinski definition) is 3. The van der Waals surface area contributed by atoms with Crippen LogP contribution in [-0.2, 0) is 5.41 Å². The van der Waals surface area contributed by atoms with Gasteiger partial charge in [0.15, 0.2) is 11.5 Å². The number of rotatable bonds is 3. The van der Waals surface area contributed by atoms with Crippen LogP contribution in [0.15, 0.2) is 6.07 Å². The molecule has 1 aromatic carbocycles. The third-order valence-electron chi connectivity index (χ3n) is 4.46. The third kappa shape index (κ3) is 1.83. The Morgan fingerprint density at radius 3 is 2.63 bits per heavy atom. The smallest absolute Gasteiger partial charge is 0.231 e. The van der Waals surface area contributed by atoms with Crippen molar-refractivity contribution in [1.82, 2.24) is 0 Å². The van der Waals surface area contributed by atoms with Crippen LogP contribution in [0.1, 0.15) is 50.2 Å². The van der Waals surface area contributed by atoms with Gasteiger partial charge in [0, 0.05) is 28.6 Å². The number of nitrogens with two attached hydrogens (primary N) is 1. The molecule has 1 aliphatic heterocycles. The van der Waals surface area contributed by atoms with Crippen LogP contribution >= 0.6 is 11.6 Å². The Morgan fingerprint density at radius 1 is 1.37 bits per heavy atom. The van der Waals surface area contributed by atoms with E-state index >= 15 is 0 Å². The molecule has 1 fully saturated rings. The highest BCUT2D eigenvalue weighted by Crippen LogP contribution is 2.53. The van der Waals surface area contributed by atoms with Crippen LogP contribution < -0.4 is 15.2 Å². The molecular weight excluding hydrogens is 262 g/mol. The lowest BCUT2D eigenvalue weighted by atomic mass is 9.62. The molecule has 0 saturated heterocycles. The van der Waals surface area contributed by atoms with Gasteiger partial charge < -0.3 is 15.2 Å². The number of ether oxygens (including phenoxy) is 2. The number of benzene rings is 1. The summed E-state index contributed by atoms with van der Waals surface area (Å²) >= 11 is 6.54. The molecule has 104 valence electrons. The first-order chi connectivity index (χ1) is 9.09. The Balaban J connectivity index is 2.23. The van der Waals surface area contributed by atoms with Crippen LogP contribution in [0.25, 0.3) is 0 Å². The molecule has 2 aliphatic rings. The first-order valence-corrected chi connectivity index (χ1v) is 7.29. The topological polar surface area (TPSA) is 44.5 Å². The summed E-state index contributed by atoms with van der Waals surface area (Å²) in [6, 6.07) is 1.89. The van der Waals surface area contributed by atoms with Crippen molar-refractivity contribution in [2.75, 3.05) is 13.3 Å². The Hall–Kier alpha value is -0.930. The Bertz CT molecular complexity index is 504. The molecule has 1 aliphatic carbocycles. The lowest BCUT2D eigenvalue weighted by Gasteiger charge is -2.43. The van der Waals surface area contributed by atoms with Crippen LogP contribution in [0.3, 0.4) is 0 Å². The van der Waals surface area contributed by atoms with E-state index in [1.807, 2.05) is 6.07 Å². The molecule has 4 heteroatoms. The van der Waals surface area contributed by atoms with E-state index in [9.17, 15) is 0 Å². The molecule has 19 heavy (non-hydrogen) atoms. The average Bonchev–Trinajstić information content (AvgIpc) is 2.75. The van der Waals surface area contributed by atoms with E-state index in [-0.39, 0.29) is 12.2 Å². The summed E-state index contributed by atoms with van der Waals surface area (Å²) in [4.78, 5) is 0. The van der Waals surface area contributed by atoms with Gasteiger partial charge in [0.1, 0.15) is 0 Å². The van der Waals surface area contributed by atoms with Crippen molar-refractivity contribution in [3.63, 3.8) is 0 Å². The summed E-state index contributed by atoms with van der Waals surface area (Å²) in [6.07, 6.45) is 3.45. The van der Waals surface area contributed by atoms with Gasteiger partial charge in [-0.25, -0.2) is 0 Å². The molecule has 1 aromatic rings. The second kappa shape index (κ2) is 4.57. The van der Waals surface area contributed by atoms with Gasteiger partial charge in [-0.15, -0.1) is 0 Å². The van der Waals surface area contributed by atoms with Gasteiger partial charge in [0.2, 0.25) is 6.79 Å². The van der Waals surface area contributed by atoms with Crippen molar-refractivity contribution in [2.24, 2.45) is 5.73 Å². The predicted octanol–water partition coefficient (Wildman–Crippen LogP) is 3.57. The Kier molecular flexibility index (Phi) is 3.14. The lowest BCUT2D eigenvalue weighted by Crippen LogP contribution is -2.42. The van der Waals surface area contributed by atoms with Crippen molar-refractivity contribution >= 4 is 11.6 Å². The molecule has 0 radical (unpaired) electrons. The minimum Gasteiger partial charge on any atom is -0.454 e. The maximum absolute atomic E-state index is 6.54. The van der Waals surface area contributed by atoms with E-state index in [2.05, 4.69) is 13.8 Å². The van der Waals surface area contributed by atoms with Crippen LogP contribution in [0, 0.1) is 0 Å². The van der Waals surface area contributed by atoms with E-state index in [1.165, 1.54) is 17.5 Å². The maximum Gasteiger partial charge on any atom is 0.231 e. The van der Waals surface area contributed by atoms with Crippen molar-refractivity contribution < 1.29 is 9.47 Å². The highest BCUT2D eigenvalue weighted by Gasteiger charge is 2.42. The zero-order valence-corrected chi connectivity index (χ0v) is 12.2. The average molecular weight is 282 g/mol. The fraction of sp³-hybridized carbons (Fsp3) is 0.600. The summed E-state index contributed by atoms with van der Waals surface area (Å²) in [5, 5.41) is 0.776. The molecule has 0 bridgehead atoms. The fourth-order valence-corrected chi connectivity index (χ4v) is 3.69. The minimum absolute atomic E-state index is 0.0394. The summed E-state index contributed by atoms with van der Waals surface area (Å²) < 4.78 is 11.2. The number of halogens is 1. The minimum atomic E-state index is 0.0394. The van der Waals surface area contributed by atoms with E-state index in [4.69, 9.17) is 26.8 Å². The molecule has 0 unspecified atom stereocenters. The summed E-state index contributed by atoms with van der Waals surface area (Å²) in [7, 11) is 0. The third-order valence-corrected chi connectivity index (χ3v) is 4.76. The normalized spacial score (nSPS) is 19.6. The molecular formula is C15H20ClNO2. The SMILES string of the molecule is CC(C)c1c2c(cc(Cl)c1C1(CN)CCC1)OCO2. The first-order valence-electron chi connectivity index (χ1n) is 6.91.